The van der Waals surface area contributed by atoms with Crippen LogP contribution in [0.25, 0.3) is 22.2 Å². The summed E-state index contributed by atoms with van der Waals surface area (Å²) < 4.78 is 3.28. The molecule has 0 fully saturated rings. The lowest BCUT2D eigenvalue weighted by molar-refractivity contribution is 0.805. The van der Waals surface area contributed by atoms with Gasteiger partial charge in [-0.1, -0.05) is 46.3 Å². The van der Waals surface area contributed by atoms with Crippen LogP contribution in [0.5, 0.6) is 0 Å². The Bertz CT molecular complexity index is 919. The van der Waals surface area contributed by atoms with Gasteiger partial charge in [-0.15, -0.1) is 0 Å². The molecule has 0 aliphatic carbocycles. The van der Waals surface area contributed by atoms with E-state index in [9.17, 15) is 0 Å². The van der Waals surface area contributed by atoms with Crippen molar-refractivity contribution in [3.63, 3.8) is 0 Å². The standard InChI is InChI=1S/C18H14BrN3/c19-14-7-5-13(6-8-14)11-22-12-20-10-18(22)16-9-21-17-4-2-1-3-15(16)17/h1-10,12,21H,11H2. The molecule has 1 N–H and O–H groups in total. The van der Waals surface area contributed by atoms with E-state index in [4.69, 9.17) is 0 Å². The molecule has 0 aliphatic heterocycles. The van der Waals surface area contributed by atoms with Crippen molar-refractivity contribution in [3.05, 3.63) is 77.3 Å². The van der Waals surface area contributed by atoms with Gasteiger partial charge < -0.3 is 9.55 Å². The van der Waals surface area contributed by atoms with E-state index >= 15 is 0 Å². The molecule has 0 saturated carbocycles. The van der Waals surface area contributed by atoms with Gasteiger partial charge in [0.25, 0.3) is 0 Å². The molecule has 2 heterocycles. The summed E-state index contributed by atoms with van der Waals surface area (Å²) in [5.41, 5.74) is 4.71. The summed E-state index contributed by atoms with van der Waals surface area (Å²) in [6.07, 6.45) is 5.87. The summed E-state index contributed by atoms with van der Waals surface area (Å²) in [4.78, 5) is 7.67. The maximum Gasteiger partial charge on any atom is 0.0954 e. The summed E-state index contributed by atoms with van der Waals surface area (Å²) >= 11 is 3.47. The first-order valence-corrected chi connectivity index (χ1v) is 7.91. The Hall–Kier alpha value is -2.33. The minimum absolute atomic E-state index is 0.808. The Morgan fingerprint density at radius 1 is 1.05 bits per heavy atom. The van der Waals surface area contributed by atoms with Gasteiger partial charge in [-0.3, -0.25) is 0 Å². The van der Waals surface area contributed by atoms with Crippen molar-refractivity contribution in [1.82, 2.24) is 14.5 Å². The van der Waals surface area contributed by atoms with Crippen LogP contribution in [0.3, 0.4) is 0 Å². The van der Waals surface area contributed by atoms with Crippen molar-refractivity contribution in [3.8, 4) is 11.3 Å². The number of aromatic amines is 1. The van der Waals surface area contributed by atoms with Gasteiger partial charge in [0.1, 0.15) is 0 Å². The van der Waals surface area contributed by atoms with Gasteiger partial charge in [0.2, 0.25) is 0 Å². The maximum atomic E-state index is 4.34. The number of fused-ring (bicyclic) bond motifs is 1. The van der Waals surface area contributed by atoms with Crippen LogP contribution in [-0.2, 0) is 6.54 Å². The van der Waals surface area contributed by atoms with Crippen molar-refractivity contribution in [1.29, 1.82) is 0 Å². The van der Waals surface area contributed by atoms with Gasteiger partial charge in [0.05, 0.1) is 18.2 Å². The Kier molecular flexibility index (Phi) is 3.31. The molecular weight excluding hydrogens is 338 g/mol. The maximum absolute atomic E-state index is 4.34. The zero-order chi connectivity index (χ0) is 14.9. The van der Waals surface area contributed by atoms with Gasteiger partial charge >= 0.3 is 0 Å². The number of benzene rings is 2. The first kappa shape index (κ1) is 13.3. The SMILES string of the molecule is Brc1ccc(Cn2cncc2-c2c[nH]c3ccccc23)cc1. The Balaban J connectivity index is 1.75. The molecule has 4 aromatic rings. The third-order valence-corrected chi connectivity index (χ3v) is 4.37. The van der Waals surface area contributed by atoms with E-state index in [0.717, 1.165) is 22.2 Å². The lowest BCUT2D eigenvalue weighted by Gasteiger charge is -2.08. The van der Waals surface area contributed by atoms with Gasteiger partial charge in [-0.2, -0.15) is 0 Å². The molecular formula is C18H14BrN3. The van der Waals surface area contributed by atoms with Crippen molar-refractivity contribution in [2.45, 2.75) is 6.54 Å². The second-order valence-corrected chi connectivity index (χ2v) is 6.20. The number of imidazole rings is 1. The molecule has 2 aromatic carbocycles. The van der Waals surface area contributed by atoms with Crippen molar-refractivity contribution in [2.75, 3.05) is 0 Å². The Morgan fingerprint density at radius 3 is 2.73 bits per heavy atom. The van der Waals surface area contributed by atoms with Crippen LogP contribution in [0.4, 0.5) is 0 Å². The van der Waals surface area contributed by atoms with Crippen LogP contribution < -0.4 is 0 Å². The average molecular weight is 352 g/mol. The molecule has 3 nitrogen and oxygen atoms in total. The molecule has 0 bridgehead atoms. The molecule has 0 aliphatic rings. The minimum Gasteiger partial charge on any atom is -0.360 e. The molecule has 0 unspecified atom stereocenters. The highest BCUT2D eigenvalue weighted by Crippen LogP contribution is 2.28. The molecule has 0 spiro atoms. The number of H-pyrrole nitrogens is 1. The number of aromatic nitrogens is 3. The summed E-state index contributed by atoms with van der Waals surface area (Å²) in [7, 11) is 0. The van der Waals surface area contributed by atoms with Crippen molar-refractivity contribution in [2.24, 2.45) is 0 Å². The van der Waals surface area contributed by atoms with E-state index in [0.29, 0.717) is 0 Å². The van der Waals surface area contributed by atoms with Crippen LogP contribution in [0.1, 0.15) is 5.56 Å². The highest BCUT2D eigenvalue weighted by atomic mass is 79.9. The molecule has 0 amide bonds. The van der Waals surface area contributed by atoms with E-state index in [2.05, 4.69) is 79.1 Å². The third kappa shape index (κ3) is 2.35. The van der Waals surface area contributed by atoms with Gasteiger partial charge in [-0.25, -0.2) is 4.98 Å². The number of rotatable bonds is 3. The quantitative estimate of drug-likeness (QED) is 0.562. The van der Waals surface area contributed by atoms with E-state index in [-0.39, 0.29) is 0 Å². The number of nitrogens with zero attached hydrogens (tertiary/aromatic N) is 2. The summed E-state index contributed by atoms with van der Waals surface area (Å²) in [5, 5.41) is 1.22. The fourth-order valence-electron chi connectivity index (χ4n) is 2.74. The lowest BCUT2D eigenvalue weighted by atomic mass is 10.1. The molecule has 4 heteroatoms. The average Bonchev–Trinajstić information content (AvgIpc) is 3.16. The number of hydrogen-bond acceptors (Lipinski definition) is 1. The predicted octanol–water partition coefficient (Wildman–Crippen LogP) is 4.84. The molecule has 0 radical (unpaired) electrons. The zero-order valence-electron chi connectivity index (χ0n) is 11.8. The number of para-hydroxylation sites is 1. The van der Waals surface area contributed by atoms with E-state index in [1.165, 1.54) is 16.5 Å². The Morgan fingerprint density at radius 2 is 1.86 bits per heavy atom. The fraction of sp³-hybridized carbons (Fsp3) is 0.0556. The first-order chi connectivity index (χ1) is 10.8. The van der Waals surface area contributed by atoms with Crippen LogP contribution in [0.2, 0.25) is 0 Å². The van der Waals surface area contributed by atoms with Crippen LogP contribution in [-0.4, -0.2) is 14.5 Å². The van der Waals surface area contributed by atoms with Crippen LogP contribution in [0.15, 0.2) is 71.7 Å². The van der Waals surface area contributed by atoms with Crippen LogP contribution >= 0.6 is 15.9 Å². The Labute approximate surface area is 136 Å². The normalized spacial score (nSPS) is 11.1. The fourth-order valence-corrected chi connectivity index (χ4v) is 3.01. The number of halogens is 1. The largest absolute Gasteiger partial charge is 0.360 e. The number of nitrogens with one attached hydrogen (secondary N) is 1. The number of hydrogen-bond donors (Lipinski definition) is 1. The summed E-state index contributed by atoms with van der Waals surface area (Å²) in [5.74, 6) is 0. The topological polar surface area (TPSA) is 33.6 Å². The van der Waals surface area contributed by atoms with Crippen molar-refractivity contribution >= 4 is 26.8 Å². The highest BCUT2D eigenvalue weighted by Gasteiger charge is 2.10. The first-order valence-electron chi connectivity index (χ1n) is 7.12. The van der Waals surface area contributed by atoms with Gasteiger partial charge in [0.15, 0.2) is 0 Å². The van der Waals surface area contributed by atoms with E-state index in [1.54, 1.807) is 0 Å². The summed E-state index contributed by atoms with van der Waals surface area (Å²) in [6, 6.07) is 16.7. The van der Waals surface area contributed by atoms with Gasteiger partial charge in [-0.05, 0) is 23.8 Å². The smallest absolute Gasteiger partial charge is 0.0954 e. The van der Waals surface area contributed by atoms with Gasteiger partial charge in [0, 0.05) is 33.7 Å². The monoisotopic (exact) mass is 351 g/mol. The van der Waals surface area contributed by atoms with Crippen LogP contribution in [0, 0.1) is 0 Å². The predicted molar refractivity (Wildman–Crippen MR) is 92.8 cm³/mol. The second kappa shape index (κ2) is 5.46. The highest BCUT2D eigenvalue weighted by molar-refractivity contribution is 9.10. The molecule has 22 heavy (non-hydrogen) atoms. The second-order valence-electron chi connectivity index (χ2n) is 5.28. The summed E-state index contributed by atoms with van der Waals surface area (Å²) in [6.45, 7) is 0.808. The molecule has 4 rings (SSSR count). The van der Waals surface area contributed by atoms with E-state index < -0.39 is 0 Å². The lowest BCUT2D eigenvalue weighted by Crippen LogP contribution is -1.99. The minimum atomic E-state index is 0.808. The third-order valence-electron chi connectivity index (χ3n) is 3.84. The molecule has 0 saturated heterocycles. The molecule has 2 aromatic heterocycles. The zero-order valence-corrected chi connectivity index (χ0v) is 13.4. The molecule has 108 valence electrons. The molecule has 0 atom stereocenters. The van der Waals surface area contributed by atoms with E-state index in [1.807, 2.05) is 18.6 Å². The van der Waals surface area contributed by atoms with Crippen molar-refractivity contribution < 1.29 is 0 Å².